The highest BCUT2D eigenvalue weighted by Gasteiger charge is 2.24. The Morgan fingerprint density at radius 3 is 2.48 bits per heavy atom. The maximum absolute atomic E-state index is 12.2. The molecular formula is C18H26N6O. The van der Waals surface area contributed by atoms with Gasteiger partial charge in [-0.2, -0.15) is 5.10 Å². The zero-order valence-corrected chi connectivity index (χ0v) is 14.6. The number of rotatable bonds is 5. The molecule has 0 bridgehead atoms. The van der Waals surface area contributed by atoms with Crippen molar-refractivity contribution in [1.82, 2.24) is 29.4 Å². The molecule has 3 heterocycles. The molecule has 1 saturated heterocycles. The van der Waals surface area contributed by atoms with Gasteiger partial charge in [0.05, 0.1) is 0 Å². The van der Waals surface area contributed by atoms with Gasteiger partial charge in [-0.15, -0.1) is 5.10 Å². The highest BCUT2D eigenvalue weighted by Crippen LogP contribution is 2.27. The van der Waals surface area contributed by atoms with E-state index in [0.717, 1.165) is 31.8 Å². The minimum absolute atomic E-state index is 0.0442. The van der Waals surface area contributed by atoms with Gasteiger partial charge < -0.3 is 4.90 Å². The molecule has 1 aliphatic carbocycles. The second-order valence-electron chi connectivity index (χ2n) is 7.45. The fourth-order valence-electron chi connectivity index (χ4n) is 4.17. The molecule has 134 valence electrons. The Labute approximate surface area is 147 Å². The number of aromatic nitrogens is 5. The minimum atomic E-state index is -0.0442. The van der Waals surface area contributed by atoms with Gasteiger partial charge in [0.2, 0.25) is 0 Å². The molecule has 1 saturated carbocycles. The highest BCUT2D eigenvalue weighted by molar-refractivity contribution is 5.16. The third-order valence-corrected chi connectivity index (χ3v) is 5.64. The van der Waals surface area contributed by atoms with Gasteiger partial charge in [-0.1, -0.05) is 12.8 Å². The van der Waals surface area contributed by atoms with Gasteiger partial charge in [0.1, 0.15) is 12.7 Å². The number of nitrogens with zero attached hydrogens (tertiary/aromatic N) is 6. The van der Waals surface area contributed by atoms with Crippen molar-refractivity contribution in [2.24, 2.45) is 11.8 Å². The SMILES string of the molecule is O=c1ccc(-n2cncn2)nn1CC1CCN(CC2CCCC2)CC1. The molecule has 0 amide bonds. The molecule has 4 rings (SSSR count). The lowest BCUT2D eigenvalue weighted by atomic mass is 9.95. The van der Waals surface area contributed by atoms with Gasteiger partial charge in [-0.25, -0.2) is 14.3 Å². The summed E-state index contributed by atoms with van der Waals surface area (Å²) in [6.45, 7) is 4.27. The number of likely N-dealkylation sites (tertiary alicyclic amines) is 1. The summed E-state index contributed by atoms with van der Waals surface area (Å²) in [6, 6.07) is 3.26. The van der Waals surface area contributed by atoms with E-state index in [0.29, 0.717) is 18.3 Å². The van der Waals surface area contributed by atoms with E-state index in [2.05, 4.69) is 20.1 Å². The Morgan fingerprint density at radius 1 is 1.00 bits per heavy atom. The van der Waals surface area contributed by atoms with Crippen LogP contribution in [0, 0.1) is 11.8 Å². The normalized spacial score (nSPS) is 20.3. The topological polar surface area (TPSA) is 68.8 Å². The van der Waals surface area contributed by atoms with E-state index >= 15 is 0 Å². The standard InChI is InChI=1S/C18H26N6O/c25-18-6-5-17(24-14-19-13-20-24)21-23(18)12-16-7-9-22(10-8-16)11-15-3-1-2-4-15/h5-6,13-16H,1-4,7-12H2. The van der Waals surface area contributed by atoms with Crippen molar-refractivity contribution in [2.75, 3.05) is 19.6 Å². The Bertz CT molecular complexity index is 726. The van der Waals surface area contributed by atoms with Crippen LogP contribution in [0.3, 0.4) is 0 Å². The van der Waals surface area contributed by atoms with Crippen LogP contribution in [0.5, 0.6) is 0 Å². The van der Waals surface area contributed by atoms with E-state index in [-0.39, 0.29) is 5.56 Å². The van der Waals surface area contributed by atoms with Crippen LogP contribution in [-0.2, 0) is 6.54 Å². The van der Waals surface area contributed by atoms with Crippen LogP contribution in [0.2, 0.25) is 0 Å². The first kappa shape index (κ1) is 16.4. The summed E-state index contributed by atoms with van der Waals surface area (Å²) in [7, 11) is 0. The minimum Gasteiger partial charge on any atom is -0.303 e. The molecule has 0 spiro atoms. The zero-order chi connectivity index (χ0) is 17.1. The molecule has 0 aromatic carbocycles. The van der Waals surface area contributed by atoms with Crippen molar-refractivity contribution >= 4 is 0 Å². The summed E-state index contributed by atoms with van der Waals surface area (Å²) in [5, 5.41) is 8.55. The third kappa shape index (κ3) is 3.98. The van der Waals surface area contributed by atoms with Crippen LogP contribution >= 0.6 is 0 Å². The smallest absolute Gasteiger partial charge is 0.266 e. The summed E-state index contributed by atoms with van der Waals surface area (Å²) < 4.78 is 3.18. The van der Waals surface area contributed by atoms with Crippen LogP contribution in [0.25, 0.3) is 5.82 Å². The Hall–Kier alpha value is -2.02. The molecule has 7 nitrogen and oxygen atoms in total. The summed E-state index contributed by atoms with van der Waals surface area (Å²) in [5.41, 5.74) is -0.0442. The average Bonchev–Trinajstić information content (AvgIpc) is 3.32. The van der Waals surface area contributed by atoms with Crippen molar-refractivity contribution in [1.29, 1.82) is 0 Å². The first-order valence-electron chi connectivity index (χ1n) is 9.43. The van der Waals surface area contributed by atoms with E-state index in [1.165, 1.54) is 38.6 Å². The van der Waals surface area contributed by atoms with Crippen LogP contribution in [-0.4, -0.2) is 49.1 Å². The molecule has 2 fully saturated rings. The maximum Gasteiger partial charge on any atom is 0.266 e. The van der Waals surface area contributed by atoms with Gasteiger partial charge in [0, 0.05) is 19.2 Å². The van der Waals surface area contributed by atoms with Gasteiger partial charge in [-0.05, 0) is 56.7 Å². The summed E-state index contributed by atoms with van der Waals surface area (Å²) >= 11 is 0. The highest BCUT2D eigenvalue weighted by atomic mass is 16.1. The molecular weight excluding hydrogens is 316 g/mol. The molecule has 0 radical (unpaired) electrons. The van der Waals surface area contributed by atoms with Crippen molar-refractivity contribution < 1.29 is 0 Å². The van der Waals surface area contributed by atoms with Crippen LogP contribution < -0.4 is 5.56 Å². The van der Waals surface area contributed by atoms with Gasteiger partial charge >= 0.3 is 0 Å². The Balaban J connectivity index is 1.35. The van der Waals surface area contributed by atoms with E-state index in [9.17, 15) is 4.79 Å². The summed E-state index contributed by atoms with van der Waals surface area (Å²) in [6.07, 6.45) is 11.0. The average molecular weight is 342 g/mol. The lowest BCUT2D eigenvalue weighted by Crippen LogP contribution is -2.39. The van der Waals surface area contributed by atoms with E-state index < -0.39 is 0 Å². The Morgan fingerprint density at radius 2 is 1.76 bits per heavy atom. The molecule has 2 aromatic rings. The summed E-state index contributed by atoms with van der Waals surface area (Å²) in [4.78, 5) is 18.7. The molecule has 0 atom stereocenters. The van der Waals surface area contributed by atoms with E-state index in [1.54, 1.807) is 27.8 Å². The first-order chi connectivity index (χ1) is 12.3. The van der Waals surface area contributed by atoms with Crippen molar-refractivity contribution in [3.63, 3.8) is 0 Å². The largest absolute Gasteiger partial charge is 0.303 e. The molecule has 25 heavy (non-hydrogen) atoms. The second-order valence-corrected chi connectivity index (χ2v) is 7.45. The van der Waals surface area contributed by atoms with Crippen LogP contribution in [0.4, 0.5) is 0 Å². The molecule has 2 aliphatic rings. The molecule has 0 unspecified atom stereocenters. The lowest BCUT2D eigenvalue weighted by Gasteiger charge is -2.33. The zero-order valence-electron chi connectivity index (χ0n) is 14.6. The molecule has 2 aromatic heterocycles. The third-order valence-electron chi connectivity index (χ3n) is 5.64. The van der Waals surface area contributed by atoms with E-state index in [4.69, 9.17) is 0 Å². The quantitative estimate of drug-likeness (QED) is 0.828. The van der Waals surface area contributed by atoms with Crippen LogP contribution in [0.15, 0.2) is 29.6 Å². The van der Waals surface area contributed by atoms with Crippen molar-refractivity contribution in [3.8, 4) is 5.82 Å². The number of piperidine rings is 1. The maximum atomic E-state index is 12.2. The van der Waals surface area contributed by atoms with Gasteiger partial charge in [-0.3, -0.25) is 4.79 Å². The van der Waals surface area contributed by atoms with Crippen molar-refractivity contribution in [3.05, 3.63) is 35.1 Å². The monoisotopic (exact) mass is 342 g/mol. The molecule has 0 N–H and O–H groups in total. The van der Waals surface area contributed by atoms with Crippen LogP contribution in [0.1, 0.15) is 38.5 Å². The van der Waals surface area contributed by atoms with E-state index in [1.807, 2.05) is 0 Å². The fourth-order valence-corrected chi connectivity index (χ4v) is 4.17. The van der Waals surface area contributed by atoms with Crippen molar-refractivity contribution in [2.45, 2.75) is 45.1 Å². The first-order valence-corrected chi connectivity index (χ1v) is 9.43. The molecule has 1 aliphatic heterocycles. The Kier molecular flexibility index (Phi) is 4.92. The predicted octanol–water partition coefficient (Wildman–Crippen LogP) is 1.73. The fraction of sp³-hybridized carbons (Fsp3) is 0.667. The lowest BCUT2D eigenvalue weighted by molar-refractivity contribution is 0.150. The number of hydrogen-bond donors (Lipinski definition) is 0. The molecule has 7 heteroatoms. The predicted molar refractivity (Wildman–Crippen MR) is 94.5 cm³/mol. The second kappa shape index (κ2) is 7.47. The summed E-state index contributed by atoms with van der Waals surface area (Å²) in [5.74, 6) is 2.08. The van der Waals surface area contributed by atoms with Gasteiger partial charge in [0.15, 0.2) is 5.82 Å². The number of hydrogen-bond acceptors (Lipinski definition) is 5. The van der Waals surface area contributed by atoms with Gasteiger partial charge in [0.25, 0.3) is 5.56 Å².